The Morgan fingerprint density at radius 2 is 1.96 bits per heavy atom. The first kappa shape index (κ1) is 20.3. The van der Waals surface area contributed by atoms with Gasteiger partial charge in [-0.15, -0.1) is 0 Å². The molecule has 1 N–H and O–H groups in total. The Morgan fingerprint density at radius 1 is 1.24 bits per heavy atom. The Morgan fingerprint density at radius 3 is 2.56 bits per heavy atom. The summed E-state index contributed by atoms with van der Waals surface area (Å²) >= 11 is 0. The largest absolute Gasteiger partial charge is 0.490 e. The molecule has 8 heteroatoms. The van der Waals surface area contributed by atoms with Gasteiger partial charge in [0.25, 0.3) is 5.91 Å². The van der Waals surface area contributed by atoms with Crippen molar-refractivity contribution in [2.45, 2.75) is 26.9 Å². The van der Waals surface area contributed by atoms with Crippen LogP contribution in [0.25, 0.3) is 0 Å². The number of carbonyl (C=O) groups is 2. The fourth-order valence-corrected chi connectivity index (χ4v) is 1.90. The van der Waals surface area contributed by atoms with Gasteiger partial charge in [-0.3, -0.25) is 4.79 Å². The van der Waals surface area contributed by atoms with E-state index < -0.39 is 12.2 Å². The van der Waals surface area contributed by atoms with Crippen molar-refractivity contribution >= 4 is 18.2 Å². The Hall–Kier alpha value is -2.77. The quantitative estimate of drug-likeness (QED) is 0.572. The van der Waals surface area contributed by atoms with Crippen LogP contribution >= 0.6 is 0 Å². The number of carbonyl (C=O) groups excluding carboxylic acids is 2. The average Bonchev–Trinajstić information content (AvgIpc) is 2.56. The minimum Gasteiger partial charge on any atom is -0.490 e. The van der Waals surface area contributed by atoms with Crippen molar-refractivity contribution in [2.75, 3.05) is 27.3 Å². The summed E-state index contributed by atoms with van der Waals surface area (Å²) in [6, 6.07) is 5.14. The molecule has 0 fully saturated rings. The number of benzene rings is 1. The van der Waals surface area contributed by atoms with Crippen LogP contribution in [0.1, 0.15) is 26.3 Å². The summed E-state index contributed by atoms with van der Waals surface area (Å²) in [6.45, 7) is 5.94. The topological polar surface area (TPSA) is 89.5 Å². The van der Waals surface area contributed by atoms with Crippen LogP contribution in [0.3, 0.4) is 0 Å². The molecule has 25 heavy (non-hydrogen) atoms. The molecule has 0 aliphatic rings. The molecule has 0 radical (unpaired) electrons. The van der Waals surface area contributed by atoms with Crippen molar-refractivity contribution in [1.82, 2.24) is 10.3 Å². The number of hydrogen-bond acceptors (Lipinski definition) is 6. The van der Waals surface area contributed by atoms with Gasteiger partial charge in [0.2, 0.25) is 0 Å². The second-order valence-corrected chi connectivity index (χ2v) is 5.22. The summed E-state index contributed by atoms with van der Waals surface area (Å²) in [6.07, 6.45) is 0.191. The molecule has 0 bridgehead atoms. The lowest BCUT2D eigenvalue weighted by molar-refractivity contribution is -0.135. The number of likely N-dealkylation sites (N-methyl/N-ethyl adjacent to an activating group) is 1. The van der Waals surface area contributed by atoms with Gasteiger partial charge in [-0.2, -0.15) is 5.10 Å². The summed E-state index contributed by atoms with van der Waals surface area (Å²) < 4.78 is 16.0. The normalized spacial score (nSPS) is 11.7. The third kappa shape index (κ3) is 6.70. The predicted molar refractivity (Wildman–Crippen MR) is 94.1 cm³/mol. The van der Waals surface area contributed by atoms with Gasteiger partial charge in [0.1, 0.15) is 0 Å². The molecule has 0 saturated heterocycles. The summed E-state index contributed by atoms with van der Waals surface area (Å²) in [4.78, 5) is 24.6. The van der Waals surface area contributed by atoms with E-state index in [1.54, 1.807) is 46.1 Å². The number of rotatable bonds is 8. The van der Waals surface area contributed by atoms with Crippen molar-refractivity contribution < 1.29 is 23.8 Å². The molecule has 0 heterocycles. The Bertz CT molecular complexity index is 616. The minimum atomic E-state index is -0.640. The highest BCUT2D eigenvalue weighted by molar-refractivity contribution is 5.82. The maximum absolute atomic E-state index is 11.9. The lowest BCUT2D eigenvalue weighted by atomic mass is 10.2. The first-order valence-electron chi connectivity index (χ1n) is 7.99. The third-order valence-electron chi connectivity index (χ3n) is 3.00. The van der Waals surface area contributed by atoms with E-state index in [1.165, 1.54) is 11.1 Å². The van der Waals surface area contributed by atoms with Crippen LogP contribution in [0.4, 0.5) is 4.79 Å². The monoisotopic (exact) mass is 351 g/mol. The molecule has 1 atom stereocenters. The fourth-order valence-electron chi connectivity index (χ4n) is 1.90. The molecule has 8 nitrogen and oxygen atoms in total. The first-order valence-corrected chi connectivity index (χ1v) is 7.99. The number of hydrogen-bond donors (Lipinski definition) is 1. The molecule has 0 aromatic heterocycles. The second-order valence-electron chi connectivity index (χ2n) is 5.22. The first-order chi connectivity index (χ1) is 11.9. The van der Waals surface area contributed by atoms with Crippen LogP contribution in [0.5, 0.6) is 11.5 Å². The smallest absolute Gasteiger partial charge is 0.427 e. The van der Waals surface area contributed by atoms with E-state index in [0.29, 0.717) is 23.7 Å². The summed E-state index contributed by atoms with van der Waals surface area (Å²) in [5, 5.41) is 3.80. The molecular formula is C17H25N3O5. The number of amides is 2. The van der Waals surface area contributed by atoms with Crippen molar-refractivity contribution in [3.63, 3.8) is 0 Å². The van der Waals surface area contributed by atoms with Crippen LogP contribution in [-0.2, 0) is 9.53 Å². The fraction of sp³-hybridized carbons (Fsp3) is 0.471. The van der Waals surface area contributed by atoms with Crippen molar-refractivity contribution in [3.05, 3.63) is 23.8 Å². The zero-order chi connectivity index (χ0) is 18.8. The van der Waals surface area contributed by atoms with Gasteiger partial charge >= 0.3 is 6.09 Å². The van der Waals surface area contributed by atoms with Crippen LogP contribution in [0.2, 0.25) is 0 Å². The van der Waals surface area contributed by atoms with E-state index in [-0.39, 0.29) is 12.5 Å². The van der Waals surface area contributed by atoms with Crippen molar-refractivity contribution in [3.8, 4) is 11.5 Å². The summed E-state index contributed by atoms with van der Waals surface area (Å²) in [7, 11) is 3.34. The average molecular weight is 351 g/mol. The highest BCUT2D eigenvalue weighted by Crippen LogP contribution is 2.29. The number of nitrogens with one attached hydrogen (secondary N) is 1. The van der Waals surface area contributed by atoms with Gasteiger partial charge < -0.3 is 19.1 Å². The zero-order valence-electron chi connectivity index (χ0n) is 15.2. The van der Waals surface area contributed by atoms with E-state index >= 15 is 0 Å². The zero-order valence-corrected chi connectivity index (χ0v) is 15.2. The Balaban J connectivity index is 2.86. The van der Waals surface area contributed by atoms with E-state index in [4.69, 9.17) is 14.2 Å². The van der Waals surface area contributed by atoms with E-state index in [9.17, 15) is 9.59 Å². The van der Waals surface area contributed by atoms with Crippen molar-refractivity contribution in [2.24, 2.45) is 5.10 Å². The van der Waals surface area contributed by atoms with Gasteiger partial charge in [0.15, 0.2) is 17.6 Å². The molecule has 138 valence electrons. The van der Waals surface area contributed by atoms with Crippen molar-refractivity contribution in [1.29, 1.82) is 0 Å². The highest BCUT2D eigenvalue weighted by Gasteiger charge is 2.18. The summed E-state index contributed by atoms with van der Waals surface area (Å²) in [5.74, 6) is 0.799. The number of hydrazone groups is 1. The van der Waals surface area contributed by atoms with Gasteiger partial charge in [-0.25, -0.2) is 10.2 Å². The molecular weight excluding hydrogens is 326 g/mol. The van der Waals surface area contributed by atoms with Crippen LogP contribution < -0.4 is 14.9 Å². The van der Waals surface area contributed by atoms with Gasteiger partial charge in [0.05, 0.1) is 19.4 Å². The molecule has 0 aliphatic carbocycles. The molecule has 0 spiro atoms. The number of ether oxygens (including phenoxy) is 3. The van der Waals surface area contributed by atoms with Gasteiger partial charge in [-0.05, 0) is 44.5 Å². The maximum Gasteiger partial charge on any atom is 0.427 e. The van der Waals surface area contributed by atoms with E-state index in [1.807, 2.05) is 6.92 Å². The Kier molecular flexibility index (Phi) is 8.25. The van der Waals surface area contributed by atoms with Crippen LogP contribution in [0, 0.1) is 0 Å². The lowest BCUT2D eigenvalue weighted by Gasteiger charge is -2.20. The van der Waals surface area contributed by atoms with E-state index in [2.05, 4.69) is 10.5 Å². The molecule has 1 rings (SSSR count). The molecule has 0 aliphatic heterocycles. The SMILES string of the molecule is CCOC(=O)N/N=C\c1ccc(O[C@@H](C)C(=O)N(C)C)c(OCC)c1. The standard InChI is InChI=1S/C17H25N3O5/c1-6-23-15-10-13(11-18-19-17(22)24-7-2)8-9-14(15)25-12(3)16(21)20(4)5/h8-12H,6-7H2,1-5H3,(H,19,22)/b18-11-/t12-/m0/s1. The van der Waals surface area contributed by atoms with Gasteiger partial charge in [0, 0.05) is 14.1 Å². The maximum atomic E-state index is 11.9. The molecule has 2 amide bonds. The minimum absolute atomic E-state index is 0.147. The van der Waals surface area contributed by atoms with Crippen LogP contribution in [0.15, 0.2) is 23.3 Å². The van der Waals surface area contributed by atoms with E-state index in [0.717, 1.165) is 0 Å². The lowest BCUT2D eigenvalue weighted by Crippen LogP contribution is -2.35. The predicted octanol–water partition coefficient (Wildman–Crippen LogP) is 2.02. The number of nitrogens with zero attached hydrogens (tertiary/aromatic N) is 2. The van der Waals surface area contributed by atoms with Crippen LogP contribution in [-0.4, -0.2) is 56.5 Å². The highest BCUT2D eigenvalue weighted by atomic mass is 16.6. The molecule has 1 aromatic rings. The summed E-state index contributed by atoms with van der Waals surface area (Å²) in [5.41, 5.74) is 2.94. The Labute approximate surface area is 147 Å². The molecule has 0 unspecified atom stereocenters. The van der Waals surface area contributed by atoms with Gasteiger partial charge in [-0.1, -0.05) is 0 Å². The second kappa shape index (κ2) is 10.2. The molecule has 0 saturated carbocycles. The third-order valence-corrected chi connectivity index (χ3v) is 3.00. The molecule has 1 aromatic carbocycles.